The van der Waals surface area contributed by atoms with Crippen molar-refractivity contribution in [2.24, 2.45) is 0 Å². The molecule has 0 bridgehead atoms. The van der Waals surface area contributed by atoms with Crippen LogP contribution >= 0.6 is 0 Å². The van der Waals surface area contributed by atoms with Gasteiger partial charge in [-0.2, -0.15) is 0 Å². The summed E-state index contributed by atoms with van der Waals surface area (Å²) in [5.41, 5.74) is 9.78. The van der Waals surface area contributed by atoms with E-state index in [0.717, 1.165) is 33.4 Å². The van der Waals surface area contributed by atoms with Crippen LogP contribution in [0.25, 0.3) is 99.9 Å². The maximum atomic E-state index is 4.97. The first kappa shape index (κ1) is 30.3. The molecule has 0 aliphatic heterocycles. The van der Waals surface area contributed by atoms with Gasteiger partial charge in [-0.15, -0.1) is 0 Å². The van der Waals surface area contributed by atoms with Crippen molar-refractivity contribution in [3.63, 3.8) is 0 Å². The second-order valence-electron chi connectivity index (χ2n) is 13.6. The van der Waals surface area contributed by atoms with Crippen LogP contribution in [0.2, 0.25) is 0 Å². The molecule has 0 N–H and O–H groups in total. The fraction of sp³-hybridized carbons (Fsp3) is 0. The molecule has 3 heterocycles. The smallest absolute Gasteiger partial charge is 0.164 e. The molecule has 0 spiro atoms. The first-order chi connectivity index (χ1) is 26.8. The zero-order valence-electron chi connectivity index (χ0n) is 29.1. The molecule has 0 aliphatic carbocycles. The van der Waals surface area contributed by atoms with Crippen LogP contribution in [0.1, 0.15) is 0 Å². The Hall–Kier alpha value is -7.37. The molecular formula is C49H31N5. The molecule has 0 atom stereocenters. The molecule has 0 unspecified atom stereocenters. The SMILES string of the molecule is c1ccc(-c2nc(-c3ccccc3)nc(-c3ccc(-n4c5ccccc5c5c4ccc4c6ccccc6n(-c6cccc7ccccc67)c45)cc3)n2)cc1. The van der Waals surface area contributed by atoms with Gasteiger partial charge in [0.15, 0.2) is 17.5 Å². The summed E-state index contributed by atoms with van der Waals surface area (Å²) in [6, 6.07) is 66.2. The summed E-state index contributed by atoms with van der Waals surface area (Å²) in [5.74, 6) is 1.94. The third kappa shape index (κ3) is 4.69. The van der Waals surface area contributed by atoms with E-state index in [4.69, 9.17) is 15.0 Å². The van der Waals surface area contributed by atoms with Crippen LogP contribution in [-0.4, -0.2) is 24.1 Å². The van der Waals surface area contributed by atoms with Crippen molar-refractivity contribution in [3.8, 4) is 45.5 Å². The van der Waals surface area contributed by atoms with Crippen LogP contribution in [0.3, 0.4) is 0 Å². The van der Waals surface area contributed by atoms with Crippen LogP contribution in [0.15, 0.2) is 188 Å². The quantitative estimate of drug-likeness (QED) is 0.181. The van der Waals surface area contributed by atoms with Crippen molar-refractivity contribution >= 4 is 54.4 Å². The molecule has 11 aromatic rings. The number of nitrogens with zero attached hydrogens (tertiary/aromatic N) is 5. The molecular weight excluding hydrogens is 659 g/mol. The number of fused-ring (bicyclic) bond motifs is 8. The van der Waals surface area contributed by atoms with Crippen LogP contribution in [0.4, 0.5) is 0 Å². The lowest BCUT2D eigenvalue weighted by Crippen LogP contribution is -2.00. The van der Waals surface area contributed by atoms with Crippen LogP contribution in [-0.2, 0) is 0 Å². The summed E-state index contributed by atoms with van der Waals surface area (Å²) in [5, 5.41) is 7.37. The largest absolute Gasteiger partial charge is 0.309 e. The van der Waals surface area contributed by atoms with Crippen molar-refractivity contribution in [1.82, 2.24) is 24.1 Å². The molecule has 3 aromatic heterocycles. The Kier molecular flexibility index (Phi) is 6.79. The Morgan fingerprint density at radius 1 is 0.315 bits per heavy atom. The molecule has 8 aromatic carbocycles. The van der Waals surface area contributed by atoms with Gasteiger partial charge in [-0.05, 0) is 53.9 Å². The average Bonchev–Trinajstić information content (AvgIpc) is 3.77. The number of para-hydroxylation sites is 2. The van der Waals surface area contributed by atoms with Crippen molar-refractivity contribution in [1.29, 1.82) is 0 Å². The minimum Gasteiger partial charge on any atom is -0.309 e. The minimum atomic E-state index is 0.637. The fourth-order valence-electron chi connectivity index (χ4n) is 8.14. The van der Waals surface area contributed by atoms with Gasteiger partial charge < -0.3 is 9.13 Å². The minimum absolute atomic E-state index is 0.637. The zero-order valence-corrected chi connectivity index (χ0v) is 29.1. The van der Waals surface area contributed by atoms with Crippen molar-refractivity contribution in [2.45, 2.75) is 0 Å². The Labute approximate surface area is 311 Å². The van der Waals surface area contributed by atoms with E-state index in [1.54, 1.807) is 0 Å². The fourth-order valence-corrected chi connectivity index (χ4v) is 8.14. The molecule has 5 heteroatoms. The molecule has 5 nitrogen and oxygen atoms in total. The highest BCUT2D eigenvalue weighted by molar-refractivity contribution is 6.26. The molecule has 0 saturated heterocycles. The van der Waals surface area contributed by atoms with Crippen LogP contribution in [0.5, 0.6) is 0 Å². The Morgan fingerprint density at radius 2 is 0.833 bits per heavy atom. The van der Waals surface area contributed by atoms with Gasteiger partial charge in [0.05, 0.1) is 27.8 Å². The first-order valence-electron chi connectivity index (χ1n) is 18.2. The van der Waals surface area contributed by atoms with E-state index < -0.39 is 0 Å². The number of aromatic nitrogens is 5. The highest BCUT2D eigenvalue weighted by atomic mass is 15.0. The topological polar surface area (TPSA) is 48.5 Å². The van der Waals surface area contributed by atoms with Crippen molar-refractivity contribution in [2.75, 3.05) is 0 Å². The van der Waals surface area contributed by atoms with E-state index in [0.29, 0.717) is 17.5 Å². The molecule has 0 amide bonds. The van der Waals surface area contributed by atoms with E-state index in [2.05, 4.69) is 137 Å². The van der Waals surface area contributed by atoms with Gasteiger partial charge in [0.2, 0.25) is 0 Å². The monoisotopic (exact) mass is 689 g/mol. The van der Waals surface area contributed by atoms with E-state index in [1.807, 2.05) is 60.7 Å². The second-order valence-corrected chi connectivity index (χ2v) is 13.6. The number of hydrogen-bond donors (Lipinski definition) is 0. The van der Waals surface area contributed by atoms with Gasteiger partial charge >= 0.3 is 0 Å². The first-order valence-corrected chi connectivity index (χ1v) is 18.2. The maximum Gasteiger partial charge on any atom is 0.164 e. The predicted molar refractivity (Wildman–Crippen MR) is 222 cm³/mol. The van der Waals surface area contributed by atoms with Gasteiger partial charge in [-0.3, -0.25) is 0 Å². The van der Waals surface area contributed by atoms with Gasteiger partial charge in [-0.1, -0.05) is 140 Å². The standard InChI is InChI=1S/C49H31N5/c1-3-15-33(16-4-1)47-50-48(34-17-5-2-6-18-34)52-49(51-47)35-26-28-36(29-27-35)53-43-24-12-10-22-40(43)45-44(53)31-30-39-38-21-9-11-23-42(38)54(46(39)45)41-25-13-19-32-14-7-8-20-37(32)41/h1-31H. The maximum absolute atomic E-state index is 4.97. The van der Waals surface area contributed by atoms with E-state index in [-0.39, 0.29) is 0 Å². The van der Waals surface area contributed by atoms with Crippen molar-refractivity contribution < 1.29 is 0 Å². The molecule has 0 saturated carbocycles. The van der Waals surface area contributed by atoms with E-state index >= 15 is 0 Å². The Morgan fingerprint density at radius 3 is 1.50 bits per heavy atom. The molecule has 11 rings (SSSR count). The third-order valence-electron chi connectivity index (χ3n) is 10.6. The van der Waals surface area contributed by atoms with Gasteiger partial charge in [0.25, 0.3) is 0 Å². The van der Waals surface area contributed by atoms with Gasteiger partial charge in [0, 0.05) is 49.3 Å². The zero-order chi connectivity index (χ0) is 35.6. The molecule has 252 valence electrons. The number of hydrogen-bond acceptors (Lipinski definition) is 3. The summed E-state index contributed by atoms with van der Waals surface area (Å²) >= 11 is 0. The summed E-state index contributed by atoms with van der Waals surface area (Å²) < 4.78 is 4.86. The molecule has 0 fully saturated rings. The Bertz CT molecular complexity index is 3130. The molecule has 54 heavy (non-hydrogen) atoms. The summed E-state index contributed by atoms with van der Waals surface area (Å²) in [4.78, 5) is 14.8. The highest BCUT2D eigenvalue weighted by Crippen LogP contribution is 2.43. The van der Waals surface area contributed by atoms with Crippen LogP contribution < -0.4 is 0 Å². The second kappa shape index (κ2) is 12.1. The normalized spacial score (nSPS) is 11.7. The lowest BCUT2D eigenvalue weighted by Gasteiger charge is -2.13. The summed E-state index contributed by atoms with van der Waals surface area (Å²) in [6.07, 6.45) is 0. The Balaban J connectivity index is 1.13. The number of benzene rings is 8. The van der Waals surface area contributed by atoms with E-state index in [9.17, 15) is 0 Å². The van der Waals surface area contributed by atoms with Crippen LogP contribution in [0, 0.1) is 0 Å². The molecule has 0 radical (unpaired) electrons. The van der Waals surface area contributed by atoms with Crippen molar-refractivity contribution in [3.05, 3.63) is 188 Å². The number of rotatable bonds is 5. The summed E-state index contributed by atoms with van der Waals surface area (Å²) in [7, 11) is 0. The third-order valence-corrected chi connectivity index (χ3v) is 10.6. The van der Waals surface area contributed by atoms with Gasteiger partial charge in [-0.25, -0.2) is 15.0 Å². The average molecular weight is 690 g/mol. The molecule has 0 aliphatic rings. The van der Waals surface area contributed by atoms with E-state index in [1.165, 1.54) is 49.0 Å². The summed E-state index contributed by atoms with van der Waals surface area (Å²) in [6.45, 7) is 0. The lowest BCUT2D eigenvalue weighted by molar-refractivity contribution is 1.07. The predicted octanol–water partition coefficient (Wildman–Crippen LogP) is 12.2. The highest BCUT2D eigenvalue weighted by Gasteiger charge is 2.21. The lowest BCUT2D eigenvalue weighted by atomic mass is 10.1. The van der Waals surface area contributed by atoms with Gasteiger partial charge in [0.1, 0.15) is 0 Å².